The second-order valence-electron chi connectivity index (χ2n) is 5.81. The Morgan fingerprint density at radius 2 is 1.93 bits per heavy atom. The molecule has 7 heteroatoms. The molecule has 0 aliphatic carbocycles. The standard InChI is InChI=1S/C20H19FN4O2/c1-3-16-11-18(25-19(24-16)13-6-8-22-9-7-13)23-12-15-10-14(20(26)27-2)4-5-17(15)21/h4-11H,3,12H2,1-2H3,(H,23,24,25). The molecule has 138 valence electrons. The Morgan fingerprint density at radius 3 is 2.63 bits per heavy atom. The summed E-state index contributed by atoms with van der Waals surface area (Å²) in [6, 6.07) is 9.61. The molecule has 27 heavy (non-hydrogen) atoms. The third-order valence-corrected chi connectivity index (χ3v) is 4.01. The maximum Gasteiger partial charge on any atom is 0.337 e. The molecular formula is C20H19FN4O2. The van der Waals surface area contributed by atoms with Crippen LogP contribution < -0.4 is 5.32 Å². The topological polar surface area (TPSA) is 77.0 Å². The van der Waals surface area contributed by atoms with Gasteiger partial charge in [0.05, 0.1) is 12.7 Å². The van der Waals surface area contributed by atoms with E-state index in [1.807, 2.05) is 25.1 Å². The van der Waals surface area contributed by atoms with Crippen LogP contribution in [0.2, 0.25) is 0 Å². The van der Waals surface area contributed by atoms with E-state index in [0.29, 0.717) is 22.8 Å². The molecule has 0 unspecified atom stereocenters. The van der Waals surface area contributed by atoms with Gasteiger partial charge in [-0.05, 0) is 36.8 Å². The summed E-state index contributed by atoms with van der Waals surface area (Å²) in [5, 5.41) is 3.11. The fourth-order valence-corrected chi connectivity index (χ4v) is 2.54. The molecule has 0 aliphatic heterocycles. The third-order valence-electron chi connectivity index (χ3n) is 4.01. The molecule has 2 aromatic heterocycles. The Hall–Kier alpha value is -3.35. The first kappa shape index (κ1) is 18.4. The van der Waals surface area contributed by atoms with E-state index < -0.39 is 11.8 Å². The van der Waals surface area contributed by atoms with Crippen LogP contribution in [0.4, 0.5) is 10.2 Å². The predicted molar refractivity (Wildman–Crippen MR) is 99.7 cm³/mol. The Labute approximate surface area is 156 Å². The number of aryl methyl sites for hydroxylation is 1. The second-order valence-corrected chi connectivity index (χ2v) is 5.81. The van der Waals surface area contributed by atoms with Gasteiger partial charge in [-0.25, -0.2) is 19.2 Å². The summed E-state index contributed by atoms with van der Waals surface area (Å²) in [6.45, 7) is 2.18. The van der Waals surface area contributed by atoms with Gasteiger partial charge < -0.3 is 10.1 Å². The number of aromatic nitrogens is 3. The summed E-state index contributed by atoms with van der Waals surface area (Å²) < 4.78 is 18.8. The molecule has 0 saturated carbocycles. The fraction of sp³-hybridized carbons (Fsp3) is 0.200. The van der Waals surface area contributed by atoms with Crippen molar-refractivity contribution in [2.24, 2.45) is 0 Å². The monoisotopic (exact) mass is 366 g/mol. The van der Waals surface area contributed by atoms with Crippen LogP contribution in [0, 0.1) is 5.82 Å². The van der Waals surface area contributed by atoms with Gasteiger partial charge >= 0.3 is 5.97 Å². The number of nitrogens with one attached hydrogen (secondary N) is 1. The van der Waals surface area contributed by atoms with Gasteiger partial charge in [-0.3, -0.25) is 4.98 Å². The van der Waals surface area contributed by atoms with E-state index in [-0.39, 0.29) is 6.54 Å². The number of carbonyl (C=O) groups excluding carboxylic acids is 1. The van der Waals surface area contributed by atoms with Crippen molar-refractivity contribution in [3.63, 3.8) is 0 Å². The van der Waals surface area contributed by atoms with E-state index in [4.69, 9.17) is 0 Å². The van der Waals surface area contributed by atoms with Crippen molar-refractivity contribution in [2.45, 2.75) is 19.9 Å². The molecule has 0 atom stereocenters. The highest BCUT2D eigenvalue weighted by Gasteiger charge is 2.11. The van der Waals surface area contributed by atoms with E-state index in [2.05, 4.69) is 25.0 Å². The number of anilines is 1. The summed E-state index contributed by atoms with van der Waals surface area (Å²) in [5.74, 6) is 0.236. The molecular weight excluding hydrogens is 347 g/mol. The zero-order chi connectivity index (χ0) is 19.2. The lowest BCUT2D eigenvalue weighted by atomic mass is 10.1. The molecule has 0 radical (unpaired) electrons. The van der Waals surface area contributed by atoms with Crippen LogP contribution in [-0.4, -0.2) is 28.0 Å². The smallest absolute Gasteiger partial charge is 0.337 e. The number of methoxy groups -OCH3 is 1. The average molecular weight is 366 g/mol. The number of hydrogen-bond acceptors (Lipinski definition) is 6. The first-order valence-corrected chi connectivity index (χ1v) is 8.49. The van der Waals surface area contributed by atoms with Crippen molar-refractivity contribution in [2.75, 3.05) is 12.4 Å². The molecule has 0 bridgehead atoms. The van der Waals surface area contributed by atoms with Gasteiger partial charge in [0.2, 0.25) is 0 Å². The maximum atomic E-state index is 14.1. The predicted octanol–water partition coefficient (Wildman–Crippen LogP) is 3.64. The summed E-state index contributed by atoms with van der Waals surface area (Å²) in [5.41, 5.74) is 2.36. The van der Waals surface area contributed by atoms with Crippen LogP contribution in [0.1, 0.15) is 28.5 Å². The van der Waals surface area contributed by atoms with Crippen molar-refractivity contribution in [1.82, 2.24) is 15.0 Å². The summed E-state index contributed by atoms with van der Waals surface area (Å²) in [4.78, 5) is 24.7. The molecule has 3 aromatic rings. The summed E-state index contributed by atoms with van der Waals surface area (Å²) >= 11 is 0. The Balaban J connectivity index is 1.85. The van der Waals surface area contributed by atoms with Crippen LogP contribution in [0.25, 0.3) is 11.4 Å². The minimum atomic E-state index is -0.508. The normalized spacial score (nSPS) is 10.5. The highest BCUT2D eigenvalue weighted by Crippen LogP contribution is 2.19. The molecule has 2 heterocycles. The van der Waals surface area contributed by atoms with Crippen LogP contribution in [-0.2, 0) is 17.7 Å². The highest BCUT2D eigenvalue weighted by atomic mass is 19.1. The first-order valence-electron chi connectivity index (χ1n) is 8.49. The van der Waals surface area contributed by atoms with Crippen molar-refractivity contribution >= 4 is 11.8 Å². The number of pyridine rings is 1. The molecule has 0 saturated heterocycles. The van der Waals surface area contributed by atoms with Crippen molar-refractivity contribution in [3.8, 4) is 11.4 Å². The quantitative estimate of drug-likeness (QED) is 0.671. The van der Waals surface area contributed by atoms with Crippen LogP contribution in [0.15, 0.2) is 48.8 Å². The van der Waals surface area contributed by atoms with Crippen LogP contribution >= 0.6 is 0 Å². The van der Waals surface area contributed by atoms with Crippen LogP contribution in [0.5, 0.6) is 0 Å². The van der Waals surface area contributed by atoms with Crippen LogP contribution in [0.3, 0.4) is 0 Å². The van der Waals surface area contributed by atoms with E-state index in [1.54, 1.807) is 12.4 Å². The second kappa shape index (κ2) is 8.35. The molecule has 1 aromatic carbocycles. The number of hydrogen-bond donors (Lipinski definition) is 1. The summed E-state index contributed by atoms with van der Waals surface area (Å²) in [6.07, 6.45) is 4.09. The minimum absolute atomic E-state index is 0.173. The lowest BCUT2D eigenvalue weighted by molar-refractivity contribution is 0.0600. The molecule has 0 spiro atoms. The van der Waals surface area contributed by atoms with Gasteiger partial charge in [0, 0.05) is 41.8 Å². The number of benzene rings is 1. The zero-order valence-corrected chi connectivity index (χ0v) is 15.1. The van der Waals surface area contributed by atoms with Gasteiger partial charge in [0.15, 0.2) is 5.82 Å². The van der Waals surface area contributed by atoms with E-state index >= 15 is 0 Å². The van der Waals surface area contributed by atoms with Crippen molar-refractivity contribution < 1.29 is 13.9 Å². The van der Waals surface area contributed by atoms with E-state index in [1.165, 1.54) is 25.3 Å². The molecule has 1 N–H and O–H groups in total. The number of ether oxygens (including phenoxy) is 1. The van der Waals surface area contributed by atoms with E-state index in [9.17, 15) is 9.18 Å². The number of carbonyl (C=O) groups is 1. The van der Waals surface area contributed by atoms with Gasteiger partial charge in [-0.2, -0.15) is 0 Å². The van der Waals surface area contributed by atoms with Gasteiger partial charge in [-0.15, -0.1) is 0 Å². The Morgan fingerprint density at radius 1 is 1.15 bits per heavy atom. The first-order chi connectivity index (χ1) is 13.1. The Bertz CT molecular complexity index is 948. The van der Waals surface area contributed by atoms with Gasteiger partial charge in [0.25, 0.3) is 0 Å². The van der Waals surface area contributed by atoms with Crippen molar-refractivity contribution in [3.05, 3.63) is 71.4 Å². The van der Waals surface area contributed by atoms with Gasteiger partial charge in [0.1, 0.15) is 11.6 Å². The number of halogens is 1. The minimum Gasteiger partial charge on any atom is -0.465 e. The lowest BCUT2D eigenvalue weighted by Crippen LogP contribution is -2.08. The van der Waals surface area contributed by atoms with Gasteiger partial charge in [-0.1, -0.05) is 6.92 Å². The SMILES string of the molecule is CCc1cc(NCc2cc(C(=O)OC)ccc2F)nc(-c2ccncc2)n1. The number of rotatable bonds is 6. The molecule has 6 nitrogen and oxygen atoms in total. The summed E-state index contributed by atoms with van der Waals surface area (Å²) in [7, 11) is 1.29. The zero-order valence-electron chi connectivity index (χ0n) is 15.1. The number of nitrogens with zero attached hydrogens (tertiary/aromatic N) is 3. The largest absolute Gasteiger partial charge is 0.465 e. The Kier molecular flexibility index (Phi) is 5.71. The number of esters is 1. The van der Waals surface area contributed by atoms with Crippen molar-refractivity contribution in [1.29, 1.82) is 0 Å². The fourth-order valence-electron chi connectivity index (χ4n) is 2.54. The average Bonchev–Trinajstić information content (AvgIpc) is 2.73. The molecule has 0 amide bonds. The van der Waals surface area contributed by atoms with E-state index in [0.717, 1.165) is 17.7 Å². The molecule has 0 fully saturated rings. The highest BCUT2D eigenvalue weighted by molar-refractivity contribution is 5.89. The maximum absolute atomic E-state index is 14.1. The lowest BCUT2D eigenvalue weighted by Gasteiger charge is -2.11. The molecule has 0 aliphatic rings. The molecule has 3 rings (SSSR count). The third kappa shape index (κ3) is 4.44.